The lowest BCUT2D eigenvalue weighted by Gasteiger charge is -2.34. The third-order valence-corrected chi connectivity index (χ3v) is 5.09. The molecular formula is C17H22F3N3O. The molecule has 4 nitrogen and oxygen atoms in total. The van der Waals surface area contributed by atoms with Crippen LogP contribution in [0.5, 0.6) is 0 Å². The number of fused-ring (bicyclic) bond motifs is 1. The van der Waals surface area contributed by atoms with Crippen LogP contribution >= 0.6 is 0 Å². The van der Waals surface area contributed by atoms with E-state index in [1.165, 1.54) is 17.0 Å². The topological polar surface area (TPSA) is 44.4 Å². The molecule has 2 N–H and O–H groups in total. The second-order valence-corrected chi connectivity index (χ2v) is 6.70. The molecule has 132 valence electrons. The summed E-state index contributed by atoms with van der Waals surface area (Å²) >= 11 is 0. The van der Waals surface area contributed by atoms with Gasteiger partial charge in [0.1, 0.15) is 0 Å². The Bertz CT molecular complexity index is 605. The molecule has 1 aliphatic carbocycles. The second kappa shape index (κ2) is 6.72. The van der Waals surface area contributed by atoms with Crippen LogP contribution in [0.2, 0.25) is 0 Å². The number of amides is 1. The first kappa shape index (κ1) is 17.2. The molecule has 1 saturated carbocycles. The predicted octanol–water partition coefficient (Wildman–Crippen LogP) is 2.56. The monoisotopic (exact) mass is 341 g/mol. The standard InChI is InChI=1S/C17H22F3N3O/c1-23(10-12-5-2-3-8-14(12)17(18,19)20)16(24)13-7-4-6-11-9-21-22-15(11)13/h2-3,5,8,11,13,15,21-22H,4,6-7,9-10H2,1H3. The first-order valence-electron chi connectivity index (χ1n) is 8.26. The fraction of sp³-hybridized carbons (Fsp3) is 0.588. The molecule has 0 bridgehead atoms. The van der Waals surface area contributed by atoms with Crippen molar-refractivity contribution >= 4 is 5.91 Å². The summed E-state index contributed by atoms with van der Waals surface area (Å²) in [6.45, 7) is 0.810. The van der Waals surface area contributed by atoms with E-state index < -0.39 is 11.7 Å². The van der Waals surface area contributed by atoms with E-state index >= 15 is 0 Å². The van der Waals surface area contributed by atoms with Gasteiger partial charge in [-0.2, -0.15) is 13.2 Å². The zero-order valence-electron chi connectivity index (χ0n) is 13.6. The van der Waals surface area contributed by atoms with Gasteiger partial charge < -0.3 is 4.90 Å². The Balaban J connectivity index is 1.73. The smallest absolute Gasteiger partial charge is 0.341 e. The Morgan fingerprint density at radius 3 is 2.79 bits per heavy atom. The van der Waals surface area contributed by atoms with E-state index in [4.69, 9.17) is 0 Å². The number of halogens is 3. The van der Waals surface area contributed by atoms with E-state index in [-0.39, 0.29) is 30.0 Å². The van der Waals surface area contributed by atoms with Crippen molar-refractivity contribution < 1.29 is 18.0 Å². The molecule has 3 unspecified atom stereocenters. The Morgan fingerprint density at radius 2 is 2.04 bits per heavy atom. The molecule has 3 rings (SSSR count). The Hall–Kier alpha value is -1.60. The third kappa shape index (κ3) is 3.42. The molecule has 24 heavy (non-hydrogen) atoms. The number of carbonyl (C=O) groups excluding carboxylic acids is 1. The molecule has 1 aromatic carbocycles. The highest BCUT2D eigenvalue weighted by Crippen LogP contribution is 2.34. The van der Waals surface area contributed by atoms with Crippen LogP contribution < -0.4 is 10.9 Å². The van der Waals surface area contributed by atoms with E-state index in [1.807, 2.05) is 0 Å². The van der Waals surface area contributed by atoms with Gasteiger partial charge in [-0.05, 0) is 30.4 Å². The summed E-state index contributed by atoms with van der Waals surface area (Å²) in [5.41, 5.74) is 5.72. The van der Waals surface area contributed by atoms with Crippen LogP contribution in [0.1, 0.15) is 30.4 Å². The molecule has 0 aromatic heterocycles. The van der Waals surface area contributed by atoms with Crippen molar-refractivity contribution in [3.8, 4) is 0 Å². The maximum atomic E-state index is 13.1. The van der Waals surface area contributed by atoms with E-state index in [9.17, 15) is 18.0 Å². The molecule has 0 radical (unpaired) electrons. The first-order chi connectivity index (χ1) is 11.4. The van der Waals surface area contributed by atoms with Gasteiger partial charge in [0.05, 0.1) is 11.5 Å². The zero-order valence-corrected chi connectivity index (χ0v) is 13.6. The largest absolute Gasteiger partial charge is 0.416 e. The van der Waals surface area contributed by atoms with Crippen molar-refractivity contribution in [2.24, 2.45) is 11.8 Å². The highest BCUT2D eigenvalue weighted by Gasteiger charge is 2.41. The van der Waals surface area contributed by atoms with Gasteiger partial charge in [-0.15, -0.1) is 0 Å². The normalized spacial score (nSPS) is 26.9. The maximum Gasteiger partial charge on any atom is 0.416 e. The Labute approximate surface area is 139 Å². The number of hydrazine groups is 1. The van der Waals surface area contributed by atoms with Crippen molar-refractivity contribution in [2.75, 3.05) is 13.6 Å². The molecule has 2 aliphatic rings. The molecule has 1 aliphatic heterocycles. The summed E-state index contributed by atoms with van der Waals surface area (Å²) < 4.78 is 39.3. The maximum absolute atomic E-state index is 13.1. The van der Waals surface area contributed by atoms with Gasteiger partial charge in [0.15, 0.2) is 0 Å². The molecule has 0 spiro atoms. The number of hydrogen-bond acceptors (Lipinski definition) is 3. The van der Waals surface area contributed by atoms with E-state index in [0.717, 1.165) is 31.9 Å². The number of nitrogens with zero attached hydrogens (tertiary/aromatic N) is 1. The minimum absolute atomic E-state index is 0.0319. The van der Waals surface area contributed by atoms with E-state index in [1.54, 1.807) is 13.1 Å². The van der Waals surface area contributed by atoms with Crippen LogP contribution in [0, 0.1) is 11.8 Å². The first-order valence-corrected chi connectivity index (χ1v) is 8.26. The Morgan fingerprint density at radius 1 is 1.29 bits per heavy atom. The number of benzene rings is 1. The van der Waals surface area contributed by atoms with Gasteiger partial charge in [-0.1, -0.05) is 24.6 Å². The zero-order chi connectivity index (χ0) is 17.3. The van der Waals surface area contributed by atoms with Gasteiger partial charge in [-0.25, -0.2) is 0 Å². The van der Waals surface area contributed by atoms with E-state index in [2.05, 4.69) is 10.9 Å². The molecule has 1 aromatic rings. The summed E-state index contributed by atoms with van der Waals surface area (Å²) in [5.74, 6) is 0.156. The van der Waals surface area contributed by atoms with Crippen LogP contribution in [0.15, 0.2) is 24.3 Å². The van der Waals surface area contributed by atoms with Gasteiger partial charge in [0, 0.05) is 26.2 Å². The summed E-state index contributed by atoms with van der Waals surface area (Å²) in [4.78, 5) is 14.2. The molecule has 1 saturated heterocycles. The summed E-state index contributed by atoms with van der Waals surface area (Å²) in [6.07, 6.45) is -1.57. The van der Waals surface area contributed by atoms with Gasteiger partial charge >= 0.3 is 6.18 Å². The quantitative estimate of drug-likeness (QED) is 0.888. The lowest BCUT2D eigenvalue weighted by atomic mass is 9.77. The molecule has 1 heterocycles. The highest BCUT2D eigenvalue weighted by atomic mass is 19.4. The number of hydrogen-bond donors (Lipinski definition) is 2. The van der Waals surface area contributed by atoms with Crippen molar-refractivity contribution in [2.45, 2.75) is 38.0 Å². The minimum Gasteiger partial charge on any atom is -0.341 e. The fourth-order valence-electron chi connectivity index (χ4n) is 3.87. The summed E-state index contributed by atoms with van der Waals surface area (Å²) in [5, 5.41) is 0. The number of rotatable bonds is 3. The van der Waals surface area contributed by atoms with Crippen LogP contribution in [-0.4, -0.2) is 30.4 Å². The minimum atomic E-state index is -4.41. The summed E-state index contributed by atoms with van der Waals surface area (Å²) in [6, 6.07) is 5.51. The third-order valence-electron chi connectivity index (χ3n) is 5.09. The number of nitrogens with one attached hydrogen (secondary N) is 2. The Kier molecular flexibility index (Phi) is 4.83. The second-order valence-electron chi connectivity index (χ2n) is 6.70. The molecular weight excluding hydrogens is 319 g/mol. The van der Waals surface area contributed by atoms with Gasteiger partial charge in [0.2, 0.25) is 5.91 Å². The number of carbonyl (C=O) groups is 1. The van der Waals surface area contributed by atoms with Crippen LogP contribution in [-0.2, 0) is 17.5 Å². The average Bonchev–Trinajstić information content (AvgIpc) is 3.02. The lowest BCUT2D eigenvalue weighted by Crippen LogP contribution is -2.48. The van der Waals surface area contributed by atoms with Gasteiger partial charge in [-0.3, -0.25) is 15.6 Å². The lowest BCUT2D eigenvalue weighted by molar-refractivity contribution is -0.141. The van der Waals surface area contributed by atoms with Crippen LogP contribution in [0.25, 0.3) is 0 Å². The highest BCUT2D eigenvalue weighted by molar-refractivity contribution is 5.79. The molecule has 1 amide bonds. The van der Waals surface area contributed by atoms with E-state index in [0.29, 0.717) is 5.92 Å². The molecule has 2 fully saturated rings. The molecule has 3 atom stereocenters. The van der Waals surface area contributed by atoms with Crippen LogP contribution in [0.4, 0.5) is 13.2 Å². The average molecular weight is 341 g/mol. The van der Waals surface area contributed by atoms with Crippen molar-refractivity contribution in [3.05, 3.63) is 35.4 Å². The van der Waals surface area contributed by atoms with Crippen LogP contribution in [0.3, 0.4) is 0 Å². The predicted molar refractivity (Wildman–Crippen MR) is 83.7 cm³/mol. The molecule has 7 heteroatoms. The SMILES string of the molecule is CN(Cc1ccccc1C(F)(F)F)C(=O)C1CCCC2CNNC21. The number of alkyl halides is 3. The summed E-state index contributed by atoms with van der Waals surface area (Å²) in [7, 11) is 1.58. The van der Waals surface area contributed by atoms with Gasteiger partial charge in [0.25, 0.3) is 0 Å². The fourth-order valence-corrected chi connectivity index (χ4v) is 3.87. The van der Waals surface area contributed by atoms with Crippen molar-refractivity contribution in [1.29, 1.82) is 0 Å². The van der Waals surface area contributed by atoms with Crippen molar-refractivity contribution in [3.63, 3.8) is 0 Å². The van der Waals surface area contributed by atoms with Crippen molar-refractivity contribution in [1.82, 2.24) is 15.8 Å².